The molecule has 6 aromatic rings. The number of imide groups is 1. The van der Waals surface area contributed by atoms with Crippen LogP contribution in [0.25, 0.3) is 28.2 Å². The minimum absolute atomic E-state index is 0.132. The Morgan fingerprint density at radius 1 is 1.00 bits per heavy atom. The van der Waals surface area contributed by atoms with Gasteiger partial charge in [0.05, 0.1) is 48.4 Å². The van der Waals surface area contributed by atoms with Gasteiger partial charge in [0.15, 0.2) is 11.4 Å². The molecule has 20 heteroatoms. The summed E-state index contributed by atoms with van der Waals surface area (Å²) in [5, 5.41) is 15.1. The van der Waals surface area contributed by atoms with E-state index in [2.05, 4.69) is 36.3 Å². The van der Waals surface area contributed by atoms with E-state index >= 15 is 4.39 Å². The van der Waals surface area contributed by atoms with Gasteiger partial charge in [0, 0.05) is 57.0 Å². The predicted octanol–water partition coefficient (Wildman–Crippen LogP) is 5.46. The minimum Gasteiger partial charge on any atom is -0.444 e. The number of imidazole rings is 1. The van der Waals surface area contributed by atoms with Crippen LogP contribution >= 0.6 is 0 Å². The fourth-order valence-electron chi connectivity index (χ4n) is 7.39. The highest BCUT2D eigenvalue weighted by Gasteiger charge is 2.31. The second kappa shape index (κ2) is 19.8. The number of aryl methyl sites for hydroxylation is 2. The fourth-order valence-corrected chi connectivity index (χ4v) is 7.39. The van der Waals surface area contributed by atoms with Crippen molar-refractivity contribution in [3.8, 4) is 17.1 Å². The average Bonchev–Trinajstić information content (AvgIpc) is 3.70. The summed E-state index contributed by atoms with van der Waals surface area (Å²) in [5.41, 5.74) is 2.07. The SMILES string of the molecule is Cn1c(=O)n(C2CCC(=O)NC2=O)c2ccc(CCCOCCOCCNCc3ccc(-n4cc(NC(=O)c5coc(-c6ccnc(NCC7CC7)c6)n5)c(C(F)F)n4)cc3F)cc21. The van der Waals surface area contributed by atoms with Gasteiger partial charge >= 0.3 is 5.69 Å². The van der Waals surface area contributed by atoms with Gasteiger partial charge < -0.3 is 29.8 Å². The number of halogens is 3. The number of carbonyl (C=O) groups is 3. The number of pyridine rings is 1. The van der Waals surface area contributed by atoms with Crippen LogP contribution in [0.15, 0.2) is 76.4 Å². The van der Waals surface area contributed by atoms with E-state index in [0.29, 0.717) is 73.3 Å². The molecule has 0 spiro atoms. The molecule has 4 N–H and O–H groups in total. The third-order valence-corrected chi connectivity index (χ3v) is 11.1. The Labute approximate surface area is 364 Å². The molecule has 64 heavy (non-hydrogen) atoms. The Kier molecular flexibility index (Phi) is 13.6. The van der Waals surface area contributed by atoms with E-state index < -0.39 is 35.8 Å². The first-order valence-electron chi connectivity index (χ1n) is 21.1. The van der Waals surface area contributed by atoms with E-state index in [-0.39, 0.29) is 53.9 Å². The zero-order valence-corrected chi connectivity index (χ0v) is 35.0. The Bertz CT molecular complexity index is 2710. The number of rotatable bonds is 21. The summed E-state index contributed by atoms with van der Waals surface area (Å²) in [4.78, 5) is 58.6. The summed E-state index contributed by atoms with van der Waals surface area (Å²) in [7, 11) is 1.66. The summed E-state index contributed by atoms with van der Waals surface area (Å²) >= 11 is 0. The number of ether oxygens (including phenoxy) is 2. The van der Waals surface area contributed by atoms with Gasteiger partial charge in [0.1, 0.15) is 23.9 Å². The molecule has 8 rings (SSSR count). The van der Waals surface area contributed by atoms with Crippen LogP contribution in [0.1, 0.15) is 71.9 Å². The first kappa shape index (κ1) is 44.0. The van der Waals surface area contributed by atoms with Crippen molar-refractivity contribution in [2.45, 2.75) is 57.5 Å². The minimum atomic E-state index is -3.03. The zero-order valence-electron chi connectivity index (χ0n) is 35.0. The van der Waals surface area contributed by atoms with Crippen molar-refractivity contribution in [3.05, 3.63) is 106 Å². The maximum atomic E-state index is 15.2. The van der Waals surface area contributed by atoms with E-state index in [4.69, 9.17) is 13.9 Å². The van der Waals surface area contributed by atoms with Crippen LogP contribution in [0, 0.1) is 11.7 Å². The lowest BCUT2D eigenvalue weighted by Crippen LogP contribution is -2.44. The number of aromatic nitrogens is 6. The van der Waals surface area contributed by atoms with Crippen molar-refractivity contribution < 1.29 is 41.4 Å². The standard InChI is InChI=1S/C44H47F3N10O7/c1-55-36-19-26(6-9-34(36)57(44(55)61)35-10-11-38(58)53-42(35)60)3-2-15-62-17-18-63-16-14-48-23-29-7-8-30(21-31(29)45)56-24-32(39(54-56)40(46)47)51-41(59)33-25-64-43(52-33)28-12-13-49-37(20-28)50-22-27-4-5-27/h6-9,12-13,19-21,24-25,27,35,40,48H,2-5,10-11,14-18,22-23H2,1H3,(H,49,50)(H,51,59)(H,53,58,60). The molecule has 1 atom stereocenters. The van der Waals surface area contributed by atoms with Crippen LogP contribution in [0.4, 0.5) is 24.7 Å². The molecule has 336 valence electrons. The van der Waals surface area contributed by atoms with E-state index in [1.807, 2.05) is 18.2 Å². The molecule has 1 aliphatic carbocycles. The lowest BCUT2D eigenvalue weighted by Gasteiger charge is -2.21. The highest BCUT2D eigenvalue weighted by atomic mass is 19.3. The molecule has 17 nitrogen and oxygen atoms in total. The molecular formula is C44H47F3N10O7. The second-order valence-corrected chi connectivity index (χ2v) is 15.7. The van der Waals surface area contributed by atoms with Gasteiger partial charge in [-0.25, -0.2) is 32.6 Å². The molecule has 0 bridgehead atoms. The Balaban J connectivity index is 0.741. The smallest absolute Gasteiger partial charge is 0.329 e. The van der Waals surface area contributed by atoms with Crippen molar-refractivity contribution in [1.29, 1.82) is 0 Å². The van der Waals surface area contributed by atoms with Gasteiger partial charge in [0.25, 0.3) is 12.3 Å². The molecule has 1 saturated heterocycles. The highest BCUT2D eigenvalue weighted by Crippen LogP contribution is 2.31. The topological polar surface area (TPSA) is 201 Å². The molecule has 1 saturated carbocycles. The monoisotopic (exact) mass is 884 g/mol. The molecule has 2 aromatic carbocycles. The highest BCUT2D eigenvalue weighted by molar-refractivity contribution is 6.03. The Morgan fingerprint density at radius 3 is 2.61 bits per heavy atom. The molecule has 1 aliphatic heterocycles. The van der Waals surface area contributed by atoms with Crippen LogP contribution in [-0.2, 0) is 39.1 Å². The van der Waals surface area contributed by atoms with E-state index in [0.717, 1.165) is 29.5 Å². The molecular weight excluding hydrogens is 838 g/mol. The van der Waals surface area contributed by atoms with Crippen molar-refractivity contribution in [3.63, 3.8) is 0 Å². The fraction of sp³-hybridized carbons (Fsp3) is 0.386. The number of oxazole rings is 1. The van der Waals surface area contributed by atoms with Gasteiger partial charge in [-0.3, -0.25) is 28.8 Å². The summed E-state index contributed by atoms with van der Waals surface area (Å²) in [5.74, 6) is -0.729. The third kappa shape index (κ3) is 10.4. The molecule has 1 unspecified atom stereocenters. The van der Waals surface area contributed by atoms with Crippen molar-refractivity contribution in [2.75, 3.05) is 50.2 Å². The van der Waals surface area contributed by atoms with Crippen LogP contribution in [0.3, 0.4) is 0 Å². The van der Waals surface area contributed by atoms with Crippen molar-refractivity contribution in [1.82, 2.24) is 39.5 Å². The predicted molar refractivity (Wildman–Crippen MR) is 228 cm³/mol. The summed E-state index contributed by atoms with van der Waals surface area (Å²) in [6.45, 7) is 3.04. The average molecular weight is 885 g/mol. The maximum Gasteiger partial charge on any atom is 0.329 e. The van der Waals surface area contributed by atoms with Crippen LogP contribution in [0.5, 0.6) is 0 Å². The number of piperidine rings is 1. The Morgan fingerprint density at radius 2 is 1.83 bits per heavy atom. The number of nitrogens with zero attached hydrogens (tertiary/aromatic N) is 6. The van der Waals surface area contributed by atoms with Crippen LogP contribution in [0.2, 0.25) is 0 Å². The van der Waals surface area contributed by atoms with Crippen molar-refractivity contribution in [2.24, 2.45) is 13.0 Å². The number of hydrogen-bond acceptors (Lipinski definition) is 12. The molecule has 4 aromatic heterocycles. The number of nitrogens with one attached hydrogen (secondary N) is 4. The van der Waals surface area contributed by atoms with Crippen LogP contribution < -0.4 is 27.0 Å². The number of carbonyl (C=O) groups excluding carboxylic acids is 3. The first-order chi connectivity index (χ1) is 31.0. The zero-order chi connectivity index (χ0) is 44.7. The van der Waals surface area contributed by atoms with E-state index in [9.17, 15) is 28.0 Å². The van der Waals surface area contributed by atoms with Crippen LogP contribution in [-0.4, -0.2) is 86.1 Å². The van der Waals surface area contributed by atoms with Crippen molar-refractivity contribution >= 4 is 40.3 Å². The van der Waals surface area contributed by atoms with Gasteiger partial charge in [0.2, 0.25) is 17.7 Å². The molecule has 0 radical (unpaired) electrons. The van der Waals surface area contributed by atoms with Gasteiger partial charge in [-0.05, 0) is 80.0 Å². The second-order valence-electron chi connectivity index (χ2n) is 15.7. The van der Waals surface area contributed by atoms with Gasteiger partial charge in [-0.2, -0.15) is 5.10 Å². The number of amides is 3. The van der Waals surface area contributed by atoms with Gasteiger partial charge in [-0.1, -0.05) is 12.1 Å². The van der Waals surface area contributed by atoms with E-state index in [1.54, 1.807) is 25.4 Å². The lowest BCUT2D eigenvalue weighted by atomic mass is 10.1. The number of alkyl halides is 2. The van der Waals surface area contributed by atoms with E-state index in [1.165, 1.54) is 46.4 Å². The van der Waals surface area contributed by atoms with Gasteiger partial charge in [-0.15, -0.1) is 0 Å². The third-order valence-electron chi connectivity index (χ3n) is 11.1. The quantitative estimate of drug-likeness (QED) is 0.0527. The summed E-state index contributed by atoms with van der Waals surface area (Å²) in [6.07, 6.45) is 5.16. The Hall–Kier alpha value is -6.64. The molecule has 2 aliphatic rings. The number of hydrogen-bond donors (Lipinski definition) is 4. The molecule has 5 heterocycles. The largest absolute Gasteiger partial charge is 0.444 e. The normalized spacial score (nSPS) is 15.3. The summed E-state index contributed by atoms with van der Waals surface area (Å²) < 4.78 is 64.1. The summed E-state index contributed by atoms with van der Waals surface area (Å²) in [6, 6.07) is 12.6. The first-order valence-corrected chi connectivity index (χ1v) is 21.1. The lowest BCUT2D eigenvalue weighted by molar-refractivity contribution is -0.135. The molecule has 2 fully saturated rings. The molecule has 3 amide bonds. The number of anilines is 2. The number of benzene rings is 2. The number of fused-ring (bicyclic) bond motifs is 1. The maximum absolute atomic E-state index is 15.2.